The van der Waals surface area contributed by atoms with Crippen LogP contribution in [-0.2, 0) is 19.0 Å². The lowest BCUT2D eigenvalue weighted by Crippen LogP contribution is -2.25. The molecule has 0 fully saturated rings. The SMILES string of the molecule is CCC1Cc2ccc(-c3cc(F)c(-c4cc(F)c(C(F)(F)Oc5cc(F)c(F)c(F)c5)c(F)c4)c(F)c3)cc2C1. The zero-order valence-corrected chi connectivity index (χ0v) is 20.7. The summed E-state index contributed by atoms with van der Waals surface area (Å²) < 4.78 is 133. The summed E-state index contributed by atoms with van der Waals surface area (Å²) in [6, 6.07) is 8.10. The fraction of sp³-hybridized carbons (Fsp3) is 0.200. The second kappa shape index (κ2) is 10.2. The molecule has 0 N–H and O–H groups in total. The van der Waals surface area contributed by atoms with Gasteiger partial charge in [0.1, 0.15) is 34.6 Å². The highest BCUT2D eigenvalue weighted by Crippen LogP contribution is 2.40. The Balaban J connectivity index is 1.47. The lowest BCUT2D eigenvalue weighted by molar-refractivity contribution is -0.189. The average Bonchev–Trinajstić information content (AvgIpc) is 3.28. The van der Waals surface area contributed by atoms with E-state index in [2.05, 4.69) is 11.7 Å². The monoisotopic (exact) mass is 566 g/mol. The summed E-state index contributed by atoms with van der Waals surface area (Å²) in [4.78, 5) is 0. The first kappa shape index (κ1) is 27.6. The van der Waals surface area contributed by atoms with Crippen molar-refractivity contribution in [1.82, 2.24) is 0 Å². The molecule has 0 saturated heterocycles. The first-order valence-corrected chi connectivity index (χ1v) is 12.2. The van der Waals surface area contributed by atoms with Gasteiger partial charge in [-0.3, -0.25) is 0 Å². The van der Waals surface area contributed by atoms with Crippen molar-refractivity contribution in [3.05, 3.63) is 112 Å². The van der Waals surface area contributed by atoms with Gasteiger partial charge in [-0.1, -0.05) is 31.5 Å². The smallest absolute Gasteiger partial charge is 0.429 e. The van der Waals surface area contributed by atoms with Gasteiger partial charge in [0.05, 0.1) is 5.56 Å². The Bertz CT molecular complexity index is 1560. The average molecular weight is 566 g/mol. The Labute approximate surface area is 222 Å². The van der Waals surface area contributed by atoms with E-state index >= 15 is 8.78 Å². The van der Waals surface area contributed by atoms with Gasteiger partial charge in [-0.15, -0.1) is 0 Å². The first-order chi connectivity index (χ1) is 18.9. The summed E-state index contributed by atoms with van der Waals surface area (Å²) in [7, 11) is 0. The van der Waals surface area contributed by atoms with Crippen molar-refractivity contribution in [3.8, 4) is 28.0 Å². The molecule has 4 aromatic carbocycles. The molecule has 1 unspecified atom stereocenters. The maximum Gasteiger partial charge on any atom is 0.432 e. The molecule has 208 valence electrons. The molecule has 10 heteroatoms. The van der Waals surface area contributed by atoms with E-state index in [1.807, 2.05) is 12.1 Å². The molecule has 1 aliphatic rings. The van der Waals surface area contributed by atoms with E-state index in [4.69, 9.17) is 0 Å². The van der Waals surface area contributed by atoms with E-state index in [0.29, 0.717) is 11.5 Å². The van der Waals surface area contributed by atoms with Crippen LogP contribution in [0.25, 0.3) is 22.3 Å². The minimum Gasteiger partial charge on any atom is -0.429 e. The quantitative estimate of drug-likeness (QED) is 0.167. The van der Waals surface area contributed by atoms with E-state index in [1.165, 1.54) is 0 Å². The molecule has 40 heavy (non-hydrogen) atoms. The zero-order valence-electron chi connectivity index (χ0n) is 20.7. The molecule has 1 aliphatic carbocycles. The molecule has 5 rings (SSSR count). The summed E-state index contributed by atoms with van der Waals surface area (Å²) in [5.41, 5.74) is -0.599. The number of hydrogen-bond donors (Lipinski definition) is 0. The van der Waals surface area contributed by atoms with Crippen LogP contribution in [0.3, 0.4) is 0 Å². The first-order valence-electron chi connectivity index (χ1n) is 12.2. The normalized spacial score (nSPS) is 14.9. The maximum absolute atomic E-state index is 15.1. The van der Waals surface area contributed by atoms with Gasteiger partial charge in [-0.25, -0.2) is 30.7 Å². The van der Waals surface area contributed by atoms with Crippen LogP contribution in [-0.4, -0.2) is 0 Å². The summed E-state index contributed by atoms with van der Waals surface area (Å²) in [5.74, 6) is -12.7. The topological polar surface area (TPSA) is 9.23 Å². The molecule has 0 amide bonds. The van der Waals surface area contributed by atoms with Crippen LogP contribution < -0.4 is 4.74 Å². The van der Waals surface area contributed by atoms with Crippen LogP contribution in [0.4, 0.5) is 39.5 Å². The van der Waals surface area contributed by atoms with Crippen LogP contribution in [0, 0.1) is 46.6 Å². The van der Waals surface area contributed by atoms with Gasteiger partial charge in [0.15, 0.2) is 17.5 Å². The molecule has 1 nitrogen and oxygen atoms in total. The molecule has 0 bridgehead atoms. The predicted octanol–water partition coefficient (Wildman–Crippen LogP) is 9.25. The lowest BCUT2D eigenvalue weighted by atomic mass is 9.96. The van der Waals surface area contributed by atoms with Crippen molar-refractivity contribution in [1.29, 1.82) is 0 Å². The standard InChI is InChI=1S/C30H19F9O/c1-2-14-5-15-3-4-16(7-17(15)6-14)18-8-21(31)27(22(32)9-18)19-10-23(33)28(24(34)11-19)30(38,39)40-20-12-25(35)29(37)26(36)13-20/h3-4,7-14H,2,5-6H2,1H3. The van der Waals surface area contributed by atoms with Crippen molar-refractivity contribution < 1.29 is 44.3 Å². The van der Waals surface area contributed by atoms with Crippen LogP contribution >= 0.6 is 0 Å². The largest absolute Gasteiger partial charge is 0.432 e. The van der Waals surface area contributed by atoms with E-state index in [1.54, 1.807) is 6.07 Å². The highest BCUT2D eigenvalue weighted by atomic mass is 19.3. The van der Waals surface area contributed by atoms with E-state index in [9.17, 15) is 30.7 Å². The third kappa shape index (κ3) is 5.02. The second-order valence-corrected chi connectivity index (χ2v) is 9.62. The summed E-state index contributed by atoms with van der Waals surface area (Å²) in [5, 5.41) is 0. The van der Waals surface area contributed by atoms with Gasteiger partial charge >= 0.3 is 6.11 Å². The van der Waals surface area contributed by atoms with Crippen molar-refractivity contribution >= 4 is 0 Å². The Morgan fingerprint density at radius 1 is 0.650 bits per heavy atom. The molecule has 0 saturated carbocycles. The molecule has 0 spiro atoms. The van der Waals surface area contributed by atoms with Gasteiger partial charge in [0.25, 0.3) is 0 Å². The van der Waals surface area contributed by atoms with Crippen molar-refractivity contribution in [2.75, 3.05) is 0 Å². The van der Waals surface area contributed by atoms with Gasteiger partial charge < -0.3 is 4.74 Å². The molecular weight excluding hydrogens is 547 g/mol. The fourth-order valence-corrected chi connectivity index (χ4v) is 4.98. The molecule has 1 atom stereocenters. The van der Waals surface area contributed by atoms with Crippen LogP contribution in [0.2, 0.25) is 0 Å². The number of fused-ring (bicyclic) bond motifs is 1. The zero-order chi connectivity index (χ0) is 28.9. The third-order valence-electron chi connectivity index (χ3n) is 7.00. The van der Waals surface area contributed by atoms with Gasteiger partial charge in [-0.05, 0) is 70.8 Å². The Morgan fingerprint density at radius 3 is 1.77 bits per heavy atom. The number of halogens is 9. The molecular formula is C30H19F9O. The number of hydrogen-bond acceptors (Lipinski definition) is 1. The van der Waals surface area contributed by atoms with E-state index in [0.717, 1.165) is 42.5 Å². The number of ether oxygens (including phenoxy) is 1. The van der Waals surface area contributed by atoms with Gasteiger partial charge in [0, 0.05) is 12.1 Å². The molecule has 0 radical (unpaired) electrons. The van der Waals surface area contributed by atoms with Gasteiger partial charge in [0.2, 0.25) is 0 Å². The second-order valence-electron chi connectivity index (χ2n) is 9.62. The fourth-order valence-electron chi connectivity index (χ4n) is 4.98. The number of alkyl halides is 2. The summed E-state index contributed by atoms with van der Waals surface area (Å²) >= 11 is 0. The molecule has 0 heterocycles. The molecule has 0 aliphatic heterocycles. The van der Waals surface area contributed by atoms with E-state index < -0.39 is 69.3 Å². The summed E-state index contributed by atoms with van der Waals surface area (Å²) in [6.45, 7) is 2.08. The highest BCUT2D eigenvalue weighted by Gasteiger charge is 2.42. The Morgan fingerprint density at radius 2 is 1.20 bits per heavy atom. The minimum absolute atomic E-state index is 0.0615. The van der Waals surface area contributed by atoms with Crippen LogP contribution in [0.15, 0.2) is 54.6 Å². The highest BCUT2D eigenvalue weighted by molar-refractivity contribution is 5.73. The van der Waals surface area contributed by atoms with Crippen LogP contribution in [0.5, 0.6) is 5.75 Å². The Hall–Kier alpha value is -3.95. The lowest BCUT2D eigenvalue weighted by Gasteiger charge is -2.20. The van der Waals surface area contributed by atoms with Crippen molar-refractivity contribution in [3.63, 3.8) is 0 Å². The molecule has 4 aromatic rings. The van der Waals surface area contributed by atoms with Crippen LogP contribution in [0.1, 0.15) is 30.0 Å². The van der Waals surface area contributed by atoms with Gasteiger partial charge in [-0.2, -0.15) is 8.78 Å². The number of rotatable bonds is 6. The van der Waals surface area contributed by atoms with Crippen molar-refractivity contribution in [2.45, 2.75) is 32.3 Å². The van der Waals surface area contributed by atoms with E-state index in [-0.39, 0.29) is 29.8 Å². The van der Waals surface area contributed by atoms with Crippen molar-refractivity contribution in [2.24, 2.45) is 5.92 Å². The summed E-state index contributed by atoms with van der Waals surface area (Å²) in [6.07, 6.45) is -2.08. The third-order valence-corrected chi connectivity index (χ3v) is 7.00. The number of benzene rings is 4. The minimum atomic E-state index is -4.84. The maximum atomic E-state index is 15.1. The Kier molecular flexibility index (Phi) is 7.06. The predicted molar refractivity (Wildman–Crippen MR) is 129 cm³/mol. The molecule has 0 aromatic heterocycles.